The number of rotatable bonds is 4. The Labute approximate surface area is 115 Å². The van der Waals surface area contributed by atoms with Gasteiger partial charge in [0.05, 0.1) is 0 Å². The first-order valence-corrected chi connectivity index (χ1v) is 6.51. The normalized spacial score (nSPS) is 15.2. The first kappa shape index (κ1) is 12.5. The van der Waals surface area contributed by atoms with Gasteiger partial charge in [-0.25, -0.2) is 0 Å². The van der Waals surface area contributed by atoms with Crippen LogP contribution < -0.4 is 0 Å². The van der Waals surface area contributed by atoms with Gasteiger partial charge in [-0.3, -0.25) is 14.6 Å². The molecule has 0 saturated carbocycles. The number of benzene rings is 2. The van der Waals surface area contributed by atoms with Crippen molar-refractivity contribution in [2.75, 3.05) is 6.54 Å². The molecule has 3 rings (SSSR count). The fourth-order valence-electron chi connectivity index (χ4n) is 2.56. The predicted octanol–water partition coefficient (Wildman–Crippen LogP) is 2.69. The molecule has 1 N–H and O–H groups in total. The van der Waals surface area contributed by atoms with Crippen molar-refractivity contribution in [2.45, 2.75) is 12.8 Å². The maximum absolute atomic E-state index is 12.4. The van der Waals surface area contributed by atoms with E-state index in [1.54, 1.807) is 0 Å². The van der Waals surface area contributed by atoms with Crippen LogP contribution >= 0.6 is 0 Å². The minimum Gasteiger partial charge on any atom is -0.481 e. The number of carboxylic acids is 1. The van der Waals surface area contributed by atoms with Gasteiger partial charge in [-0.1, -0.05) is 36.4 Å². The highest BCUT2D eigenvalue weighted by Gasteiger charge is 2.27. The highest BCUT2D eigenvalue weighted by atomic mass is 16.4. The van der Waals surface area contributed by atoms with Crippen LogP contribution in [-0.4, -0.2) is 29.1 Å². The van der Waals surface area contributed by atoms with E-state index in [1.807, 2.05) is 36.4 Å². The molecule has 0 saturated heterocycles. The fraction of sp³-hybridized carbons (Fsp3) is 0.188. The van der Waals surface area contributed by atoms with Crippen LogP contribution in [0.25, 0.3) is 10.8 Å². The molecule has 0 aromatic heterocycles. The molecule has 0 spiro atoms. The van der Waals surface area contributed by atoms with Crippen molar-refractivity contribution in [3.63, 3.8) is 0 Å². The Morgan fingerprint density at radius 1 is 1.10 bits per heavy atom. The third-order valence-electron chi connectivity index (χ3n) is 3.44. The monoisotopic (exact) mass is 267 g/mol. The number of carbonyl (C=O) groups excluding carboxylic acids is 1. The largest absolute Gasteiger partial charge is 0.481 e. The number of carboxylic acid groups (broad SMARTS) is 1. The summed E-state index contributed by atoms with van der Waals surface area (Å²) in [6.45, 7) is 0.359. The summed E-state index contributed by atoms with van der Waals surface area (Å²) in [6.07, 6.45) is 0.514. The molecule has 4 heteroatoms. The summed E-state index contributed by atoms with van der Waals surface area (Å²) in [4.78, 5) is 27.2. The number of carbonyl (C=O) groups is 2. The van der Waals surface area contributed by atoms with Gasteiger partial charge in [0.25, 0.3) is 0 Å². The van der Waals surface area contributed by atoms with Crippen LogP contribution in [0.5, 0.6) is 0 Å². The van der Waals surface area contributed by atoms with Crippen LogP contribution in [0.3, 0.4) is 0 Å². The Morgan fingerprint density at radius 3 is 2.50 bits per heavy atom. The molecule has 0 heterocycles. The predicted molar refractivity (Wildman–Crippen MR) is 76.6 cm³/mol. The van der Waals surface area contributed by atoms with Crippen molar-refractivity contribution in [3.8, 4) is 0 Å². The molecule has 4 nitrogen and oxygen atoms in total. The van der Waals surface area contributed by atoms with Crippen molar-refractivity contribution in [1.82, 2.24) is 0 Å². The third kappa shape index (κ3) is 1.99. The Kier molecular flexibility index (Phi) is 3.06. The molecule has 0 fully saturated rings. The van der Waals surface area contributed by atoms with E-state index in [2.05, 4.69) is 4.99 Å². The Hall–Kier alpha value is -2.49. The summed E-state index contributed by atoms with van der Waals surface area (Å²) in [7, 11) is 0. The summed E-state index contributed by atoms with van der Waals surface area (Å²) in [5.74, 6) is -0.902. The molecule has 20 heavy (non-hydrogen) atoms. The van der Waals surface area contributed by atoms with Crippen LogP contribution in [0.15, 0.2) is 41.4 Å². The molecule has 0 unspecified atom stereocenters. The highest BCUT2D eigenvalue weighted by molar-refractivity contribution is 6.59. The lowest BCUT2D eigenvalue weighted by molar-refractivity contribution is -0.137. The summed E-state index contributed by atoms with van der Waals surface area (Å²) in [5.41, 5.74) is 2.01. The summed E-state index contributed by atoms with van der Waals surface area (Å²) in [5, 5.41) is 10.6. The molecule has 0 atom stereocenters. The van der Waals surface area contributed by atoms with E-state index >= 15 is 0 Å². The molecule has 0 radical (unpaired) electrons. The molecular formula is C16H13NO3. The summed E-state index contributed by atoms with van der Waals surface area (Å²) >= 11 is 0. The topological polar surface area (TPSA) is 66.7 Å². The van der Waals surface area contributed by atoms with Gasteiger partial charge >= 0.3 is 5.97 Å². The smallest absolute Gasteiger partial charge is 0.303 e. The zero-order chi connectivity index (χ0) is 14.1. The van der Waals surface area contributed by atoms with E-state index in [0.717, 1.165) is 16.3 Å². The number of nitrogens with zero attached hydrogens (tertiary/aromatic N) is 1. The van der Waals surface area contributed by atoms with Gasteiger partial charge < -0.3 is 5.11 Å². The number of aliphatic imine (C=N–C) groups is 1. The number of ketones is 1. The third-order valence-corrected chi connectivity index (χ3v) is 3.44. The van der Waals surface area contributed by atoms with E-state index in [-0.39, 0.29) is 12.2 Å². The van der Waals surface area contributed by atoms with Gasteiger partial charge in [0, 0.05) is 29.5 Å². The first-order chi connectivity index (χ1) is 9.68. The second kappa shape index (κ2) is 4.89. The maximum Gasteiger partial charge on any atom is 0.303 e. The van der Waals surface area contributed by atoms with Crippen molar-refractivity contribution in [3.05, 3.63) is 47.5 Å². The minimum absolute atomic E-state index is 0.0628. The lowest BCUT2D eigenvalue weighted by Crippen LogP contribution is -2.10. The molecule has 1 aliphatic rings. The highest BCUT2D eigenvalue weighted by Crippen LogP contribution is 2.30. The molecule has 100 valence electrons. The quantitative estimate of drug-likeness (QED) is 0.866. The Bertz CT molecular complexity index is 741. The molecule has 0 aliphatic heterocycles. The summed E-state index contributed by atoms with van der Waals surface area (Å²) in [6, 6.07) is 11.4. The average Bonchev–Trinajstić information content (AvgIpc) is 2.71. The van der Waals surface area contributed by atoms with Gasteiger partial charge in [0.2, 0.25) is 5.78 Å². The van der Waals surface area contributed by atoms with Crippen molar-refractivity contribution in [1.29, 1.82) is 0 Å². The average molecular weight is 267 g/mol. The Morgan fingerprint density at radius 2 is 1.80 bits per heavy atom. The molecule has 0 amide bonds. The van der Waals surface area contributed by atoms with Gasteiger partial charge in [0.15, 0.2) is 0 Å². The number of hydrogen-bond acceptors (Lipinski definition) is 3. The lowest BCUT2D eigenvalue weighted by Gasteiger charge is -1.99. The minimum atomic E-state index is -0.840. The SMILES string of the molecule is O=C(O)CCCN=C1C(=O)c2cccc3cccc1c23. The van der Waals surface area contributed by atoms with E-state index < -0.39 is 5.97 Å². The van der Waals surface area contributed by atoms with Crippen molar-refractivity contribution in [2.24, 2.45) is 4.99 Å². The lowest BCUT2D eigenvalue weighted by atomic mass is 10.1. The number of aliphatic carboxylic acids is 1. The fourth-order valence-corrected chi connectivity index (χ4v) is 2.56. The van der Waals surface area contributed by atoms with Crippen molar-refractivity contribution >= 4 is 28.2 Å². The zero-order valence-corrected chi connectivity index (χ0v) is 10.8. The molecule has 2 aromatic rings. The molecule has 2 aromatic carbocycles. The maximum atomic E-state index is 12.4. The van der Waals surface area contributed by atoms with Crippen LogP contribution in [0.1, 0.15) is 28.8 Å². The number of hydrogen-bond donors (Lipinski definition) is 1. The van der Waals surface area contributed by atoms with Gasteiger partial charge in [-0.2, -0.15) is 0 Å². The van der Waals surface area contributed by atoms with Crippen molar-refractivity contribution < 1.29 is 14.7 Å². The summed E-state index contributed by atoms with van der Waals surface area (Å²) < 4.78 is 0. The zero-order valence-electron chi connectivity index (χ0n) is 10.8. The second-order valence-electron chi connectivity index (χ2n) is 4.77. The van der Waals surface area contributed by atoms with Crippen LogP contribution in [-0.2, 0) is 4.79 Å². The van der Waals surface area contributed by atoms with E-state index in [9.17, 15) is 9.59 Å². The van der Waals surface area contributed by atoms with E-state index in [0.29, 0.717) is 24.2 Å². The molecule has 0 bridgehead atoms. The van der Waals surface area contributed by atoms with Crippen LogP contribution in [0, 0.1) is 0 Å². The number of Topliss-reactive ketones (excluding diaryl/α,β-unsaturated/α-hetero) is 1. The molecule has 1 aliphatic carbocycles. The standard InChI is InChI=1S/C16H13NO3/c18-13(19)8-3-9-17-15-11-6-1-4-10-5-2-7-12(14(10)11)16(15)20/h1-2,4-7H,3,8-9H2,(H,18,19). The first-order valence-electron chi connectivity index (χ1n) is 6.51. The molecular weight excluding hydrogens is 254 g/mol. The van der Waals surface area contributed by atoms with Crippen LogP contribution in [0.4, 0.5) is 0 Å². The van der Waals surface area contributed by atoms with Crippen LogP contribution in [0.2, 0.25) is 0 Å². The van der Waals surface area contributed by atoms with E-state index in [1.165, 1.54) is 0 Å². The Balaban J connectivity index is 1.96. The van der Waals surface area contributed by atoms with E-state index in [4.69, 9.17) is 5.11 Å². The van der Waals surface area contributed by atoms with Gasteiger partial charge in [-0.15, -0.1) is 0 Å². The van der Waals surface area contributed by atoms with Gasteiger partial charge in [0.1, 0.15) is 5.71 Å². The second-order valence-corrected chi connectivity index (χ2v) is 4.77. The van der Waals surface area contributed by atoms with Gasteiger partial charge in [-0.05, 0) is 11.8 Å².